The molecule has 1 atom stereocenters. The van der Waals surface area contributed by atoms with Crippen molar-refractivity contribution in [1.29, 1.82) is 0 Å². The van der Waals surface area contributed by atoms with Crippen molar-refractivity contribution in [3.63, 3.8) is 0 Å². The summed E-state index contributed by atoms with van der Waals surface area (Å²) in [5.41, 5.74) is 3.97. The fraction of sp³-hybridized carbons (Fsp3) is 0.258. The van der Waals surface area contributed by atoms with E-state index in [0.29, 0.717) is 10.6 Å². The lowest BCUT2D eigenvalue weighted by Gasteiger charge is -2.32. The molecule has 1 unspecified atom stereocenters. The van der Waals surface area contributed by atoms with Crippen molar-refractivity contribution in [2.75, 3.05) is 0 Å². The second-order valence-electron chi connectivity index (χ2n) is 9.86. The van der Waals surface area contributed by atoms with Crippen molar-refractivity contribution in [3.8, 4) is 0 Å². The molecule has 0 N–H and O–H groups in total. The summed E-state index contributed by atoms with van der Waals surface area (Å²) in [5.74, 6) is 0. The number of pyridine rings is 2. The lowest BCUT2D eigenvalue weighted by molar-refractivity contribution is -0.141. The molecular weight excluding hydrogens is 521 g/mol. The van der Waals surface area contributed by atoms with E-state index in [1.54, 1.807) is 18.6 Å². The van der Waals surface area contributed by atoms with Gasteiger partial charge in [-0.05, 0) is 72.7 Å². The molecule has 8 heteroatoms. The Kier molecular flexibility index (Phi) is 7.21. The van der Waals surface area contributed by atoms with Crippen LogP contribution in [-0.4, -0.2) is 19.5 Å². The van der Waals surface area contributed by atoms with Crippen LogP contribution in [0.25, 0.3) is 10.9 Å². The predicted molar refractivity (Wildman–Crippen MR) is 148 cm³/mol. The van der Waals surface area contributed by atoms with E-state index in [-0.39, 0.29) is 0 Å². The molecule has 0 aliphatic rings. The molecule has 5 aromatic rings. The average Bonchev–Trinajstić information content (AvgIpc) is 3.38. The minimum atomic E-state index is -4.57. The summed E-state index contributed by atoms with van der Waals surface area (Å²) in [4.78, 5) is 12.8. The van der Waals surface area contributed by atoms with E-state index in [0.717, 1.165) is 58.7 Å². The first-order valence-electron chi connectivity index (χ1n) is 12.8. The van der Waals surface area contributed by atoms with Crippen LogP contribution < -0.4 is 0 Å². The second kappa shape index (κ2) is 10.5. The first-order valence-corrected chi connectivity index (χ1v) is 13.2. The fourth-order valence-electron chi connectivity index (χ4n) is 5.28. The Bertz CT molecular complexity index is 1630. The van der Waals surface area contributed by atoms with Gasteiger partial charge < -0.3 is 4.57 Å². The van der Waals surface area contributed by atoms with Gasteiger partial charge in [0, 0.05) is 30.5 Å². The Morgan fingerprint density at radius 1 is 0.949 bits per heavy atom. The second-order valence-corrected chi connectivity index (χ2v) is 10.2. The number of alkyl halides is 3. The van der Waals surface area contributed by atoms with Crippen molar-refractivity contribution in [2.45, 2.75) is 44.7 Å². The van der Waals surface area contributed by atoms with Crippen molar-refractivity contribution in [3.05, 3.63) is 124 Å². The Morgan fingerprint density at radius 3 is 2.36 bits per heavy atom. The molecule has 3 heterocycles. The molecule has 0 aliphatic carbocycles. The third kappa shape index (κ3) is 5.03. The van der Waals surface area contributed by atoms with Crippen LogP contribution in [0.2, 0.25) is 5.02 Å². The highest BCUT2D eigenvalue weighted by atomic mass is 35.5. The van der Waals surface area contributed by atoms with Crippen LogP contribution >= 0.6 is 11.6 Å². The minimum Gasteiger partial charge on any atom is -0.337 e. The van der Waals surface area contributed by atoms with Gasteiger partial charge in [-0.25, -0.2) is 4.98 Å². The minimum absolute atomic E-state index is 0.450. The van der Waals surface area contributed by atoms with Crippen LogP contribution in [0.5, 0.6) is 0 Å². The number of benzene rings is 2. The smallest absolute Gasteiger partial charge is 0.337 e. The zero-order chi connectivity index (χ0) is 27.8. The summed E-state index contributed by atoms with van der Waals surface area (Å²) in [6.07, 6.45) is 2.27. The maximum absolute atomic E-state index is 13.6. The third-order valence-electron chi connectivity index (χ3n) is 7.48. The summed E-state index contributed by atoms with van der Waals surface area (Å²) in [6, 6.07) is 18.7. The summed E-state index contributed by atoms with van der Waals surface area (Å²) in [5, 5.41) is 1.40. The SMILES string of the molecule is CCc1nc2ccc(C(C)(c3ccnc(C(F)(F)F)c3)c3cncn3C)cc2c(Cl)c1CCc1ccccc1. The molecular formula is C31H28ClF3N4. The van der Waals surface area contributed by atoms with Crippen molar-refractivity contribution in [2.24, 2.45) is 7.05 Å². The summed E-state index contributed by atoms with van der Waals surface area (Å²) in [6.45, 7) is 3.96. The molecule has 0 saturated carbocycles. The molecule has 2 aromatic carbocycles. The fourth-order valence-corrected chi connectivity index (χ4v) is 5.64. The Labute approximate surface area is 230 Å². The largest absolute Gasteiger partial charge is 0.433 e. The molecule has 0 spiro atoms. The van der Waals surface area contributed by atoms with Crippen LogP contribution in [0, 0.1) is 0 Å². The van der Waals surface area contributed by atoms with Crippen molar-refractivity contribution >= 4 is 22.5 Å². The quantitative estimate of drug-likeness (QED) is 0.209. The lowest BCUT2D eigenvalue weighted by Crippen LogP contribution is -2.28. The molecule has 0 bridgehead atoms. The number of aryl methyl sites for hydroxylation is 3. The van der Waals surface area contributed by atoms with Crippen LogP contribution in [-0.2, 0) is 37.9 Å². The predicted octanol–water partition coefficient (Wildman–Crippen LogP) is 7.74. The van der Waals surface area contributed by atoms with Crippen LogP contribution in [0.1, 0.15) is 53.2 Å². The number of nitrogens with zero attached hydrogens (tertiary/aromatic N) is 4. The van der Waals surface area contributed by atoms with Crippen LogP contribution in [0.3, 0.4) is 0 Å². The highest BCUT2D eigenvalue weighted by molar-refractivity contribution is 6.36. The van der Waals surface area contributed by atoms with E-state index in [2.05, 4.69) is 29.0 Å². The molecule has 4 nitrogen and oxygen atoms in total. The standard InChI is InChI=1S/C31H28ClF3N4/c1-4-25-23(12-10-20-8-6-5-7-9-20)29(32)24-16-21(11-13-26(24)38-25)30(2,28-18-36-19-39(28)3)22-14-15-37-27(17-22)31(33,34)35/h5-9,11,13-19H,4,10,12H2,1-3H3. The van der Waals surface area contributed by atoms with E-state index in [9.17, 15) is 13.2 Å². The normalized spacial score (nSPS) is 13.5. The maximum Gasteiger partial charge on any atom is 0.433 e. The van der Waals surface area contributed by atoms with E-state index >= 15 is 0 Å². The van der Waals surface area contributed by atoms with Gasteiger partial charge in [0.05, 0.1) is 28.0 Å². The van der Waals surface area contributed by atoms with Gasteiger partial charge >= 0.3 is 6.18 Å². The number of fused-ring (bicyclic) bond motifs is 1. The zero-order valence-electron chi connectivity index (χ0n) is 21.9. The van der Waals surface area contributed by atoms with Crippen LogP contribution in [0.15, 0.2) is 79.4 Å². The van der Waals surface area contributed by atoms with E-state index in [4.69, 9.17) is 16.6 Å². The number of rotatable bonds is 7. The van der Waals surface area contributed by atoms with Gasteiger partial charge in [-0.15, -0.1) is 0 Å². The topological polar surface area (TPSA) is 43.6 Å². The molecule has 3 aromatic heterocycles. The molecule has 0 aliphatic heterocycles. The highest BCUT2D eigenvalue weighted by Gasteiger charge is 2.38. The molecule has 0 radical (unpaired) electrons. The van der Waals surface area contributed by atoms with E-state index in [1.807, 2.05) is 54.9 Å². The Morgan fingerprint density at radius 2 is 1.69 bits per heavy atom. The number of imidazole rings is 1. The van der Waals surface area contributed by atoms with Gasteiger partial charge in [-0.3, -0.25) is 9.97 Å². The molecule has 0 fully saturated rings. The van der Waals surface area contributed by atoms with E-state index < -0.39 is 17.3 Å². The molecule has 0 saturated heterocycles. The summed E-state index contributed by atoms with van der Waals surface area (Å²) < 4.78 is 42.8. The summed E-state index contributed by atoms with van der Waals surface area (Å²) >= 11 is 7.08. The molecule has 5 rings (SSSR count). The third-order valence-corrected chi connectivity index (χ3v) is 7.91. The number of aromatic nitrogens is 4. The highest BCUT2D eigenvalue weighted by Crippen LogP contribution is 2.42. The lowest BCUT2D eigenvalue weighted by atomic mass is 9.73. The molecule has 200 valence electrons. The summed E-state index contributed by atoms with van der Waals surface area (Å²) in [7, 11) is 1.83. The molecule has 39 heavy (non-hydrogen) atoms. The van der Waals surface area contributed by atoms with Gasteiger partial charge in [-0.1, -0.05) is 54.9 Å². The van der Waals surface area contributed by atoms with E-state index in [1.165, 1.54) is 11.8 Å². The average molecular weight is 549 g/mol. The number of hydrogen-bond donors (Lipinski definition) is 0. The van der Waals surface area contributed by atoms with Crippen molar-refractivity contribution < 1.29 is 13.2 Å². The maximum atomic E-state index is 13.6. The van der Waals surface area contributed by atoms with Crippen LogP contribution in [0.4, 0.5) is 13.2 Å². The van der Waals surface area contributed by atoms with Gasteiger partial charge in [0.2, 0.25) is 0 Å². The number of halogens is 4. The monoisotopic (exact) mass is 548 g/mol. The molecule has 0 amide bonds. The van der Waals surface area contributed by atoms with Gasteiger partial charge in [0.15, 0.2) is 0 Å². The van der Waals surface area contributed by atoms with Crippen molar-refractivity contribution in [1.82, 2.24) is 19.5 Å². The van der Waals surface area contributed by atoms with Gasteiger partial charge in [0.1, 0.15) is 5.69 Å². The first-order chi connectivity index (χ1) is 18.6. The first kappa shape index (κ1) is 26.9. The Balaban J connectivity index is 1.68. The zero-order valence-corrected chi connectivity index (χ0v) is 22.7. The van der Waals surface area contributed by atoms with Gasteiger partial charge in [-0.2, -0.15) is 13.2 Å². The Hall–Kier alpha value is -3.71. The number of hydrogen-bond acceptors (Lipinski definition) is 3. The van der Waals surface area contributed by atoms with Gasteiger partial charge in [0.25, 0.3) is 0 Å².